The third-order valence-corrected chi connectivity index (χ3v) is 3.31. The number of benzene rings is 1. The summed E-state index contributed by atoms with van der Waals surface area (Å²) >= 11 is 3.31. The smallest absolute Gasteiger partial charge is 0.257 e. The van der Waals surface area contributed by atoms with E-state index in [1.165, 1.54) is 6.07 Å². The quantitative estimate of drug-likeness (QED) is 0.828. The second-order valence-corrected chi connectivity index (χ2v) is 4.97. The molecule has 0 bridgehead atoms. The highest BCUT2D eigenvalue weighted by atomic mass is 79.9. The number of rotatable bonds is 1. The SMILES string of the molecule is O=C(c1cc(Br)ccc1O)N1CCCNCC1. The van der Waals surface area contributed by atoms with E-state index in [1.807, 2.05) is 0 Å². The van der Waals surface area contributed by atoms with Crippen molar-refractivity contribution < 1.29 is 9.90 Å². The molecular formula is C12H15BrN2O2. The zero-order valence-electron chi connectivity index (χ0n) is 9.45. The van der Waals surface area contributed by atoms with E-state index in [0.29, 0.717) is 12.1 Å². The van der Waals surface area contributed by atoms with Crippen LogP contribution >= 0.6 is 15.9 Å². The number of phenolic OH excluding ortho intramolecular Hbond substituents is 1. The first-order chi connectivity index (χ1) is 8.18. The number of hydrogen-bond acceptors (Lipinski definition) is 3. The van der Waals surface area contributed by atoms with E-state index in [4.69, 9.17) is 0 Å². The topological polar surface area (TPSA) is 52.6 Å². The van der Waals surface area contributed by atoms with Gasteiger partial charge in [-0.3, -0.25) is 4.79 Å². The van der Waals surface area contributed by atoms with Gasteiger partial charge in [0.15, 0.2) is 0 Å². The van der Waals surface area contributed by atoms with Crippen molar-refractivity contribution >= 4 is 21.8 Å². The lowest BCUT2D eigenvalue weighted by atomic mass is 10.1. The molecule has 1 amide bonds. The molecule has 92 valence electrons. The molecule has 0 aliphatic carbocycles. The summed E-state index contributed by atoms with van der Waals surface area (Å²) < 4.78 is 0.798. The lowest BCUT2D eigenvalue weighted by Gasteiger charge is -2.20. The van der Waals surface area contributed by atoms with Crippen LogP contribution in [0.15, 0.2) is 22.7 Å². The number of carbonyl (C=O) groups is 1. The monoisotopic (exact) mass is 298 g/mol. The Kier molecular flexibility index (Phi) is 4.02. The van der Waals surface area contributed by atoms with Gasteiger partial charge in [-0.2, -0.15) is 0 Å². The molecule has 1 heterocycles. The lowest BCUT2D eigenvalue weighted by molar-refractivity contribution is 0.0763. The van der Waals surface area contributed by atoms with Crippen LogP contribution in [0.5, 0.6) is 5.75 Å². The Morgan fingerprint density at radius 1 is 1.35 bits per heavy atom. The van der Waals surface area contributed by atoms with Crippen LogP contribution in [-0.2, 0) is 0 Å². The van der Waals surface area contributed by atoms with Crippen molar-refractivity contribution in [2.24, 2.45) is 0 Å². The van der Waals surface area contributed by atoms with Crippen molar-refractivity contribution in [3.05, 3.63) is 28.2 Å². The fourth-order valence-electron chi connectivity index (χ4n) is 1.90. The third-order valence-electron chi connectivity index (χ3n) is 2.82. The number of phenols is 1. The molecule has 1 aromatic carbocycles. The van der Waals surface area contributed by atoms with Crippen molar-refractivity contribution in [3.8, 4) is 5.75 Å². The average molecular weight is 299 g/mol. The lowest BCUT2D eigenvalue weighted by Crippen LogP contribution is -2.34. The van der Waals surface area contributed by atoms with Crippen LogP contribution in [-0.4, -0.2) is 42.1 Å². The summed E-state index contributed by atoms with van der Waals surface area (Å²) in [4.78, 5) is 14.0. The summed E-state index contributed by atoms with van der Waals surface area (Å²) in [6.45, 7) is 3.16. The Labute approximate surface area is 109 Å². The number of aromatic hydroxyl groups is 1. The van der Waals surface area contributed by atoms with E-state index in [2.05, 4.69) is 21.2 Å². The molecule has 1 fully saturated rings. The summed E-state index contributed by atoms with van der Waals surface area (Å²) in [6.07, 6.45) is 0.945. The maximum Gasteiger partial charge on any atom is 0.257 e. The second-order valence-electron chi connectivity index (χ2n) is 4.06. The normalized spacial score (nSPS) is 16.6. The van der Waals surface area contributed by atoms with Gasteiger partial charge in [-0.1, -0.05) is 15.9 Å². The van der Waals surface area contributed by atoms with Crippen LogP contribution in [0, 0.1) is 0 Å². The van der Waals surface area contributed by atoms with Gasteiger partial charge in [0.2, 0.25) is 0 Å². The maximum atomic E-state index is 12.2. The highest BCUT2D eigenvalue weighted by Crippen LogP contribution is 2.23. The fraction of sp³-hybridized carbons (Fsp3) is 0.417. The van der Waals surface area contributed by atoms with Gasteiger partial charge in [0.25, 0.3) is 5.91 Å². The van der Waals surface area contributed by atoms with Crippen LogP contribution in [0.3, 0.4) is 0 Å². The van der Waals surface area contributed by atoms with Crippen molar-refractivity contribution in [2.75, 3.05) is 26.2 Å². The molecule has 0 radical (unpaired) electrons. The predicted octanol–water partition coefficient (Wildman–Crippen LogP) is 1.59. The minimum absolute atomic E-state index is 0.0374. The van der Waals surface area contributed by atoms with Gasteiger partial charge in [-0.15, -0.1) is 0 Å². The predicted molar refractivity (Wildman–Crippen MR) is 69.2 cm³/mol. The van der Waals surface area contributed by atoms with Gasteiger partial charge in [-0.05, 0) is 31.2 Å². The molecular weight excluding hydrogens is 284 g/mol. The zero-order valence-corrected chi connectivity index (χ0v) is 11.0. The van der Waals surface area contributed by atoms with Gasteiger partial charge in [0, 0.05) is 24.1 Å². The molecule has 5 heteroatoms. The van der Waals surface area contributed by atoms with Gasteiger partial charge in [-0.25, -0.2) is 0 Å². The zero-order chi connectivity index (χ0) is 12.3. The molecule has 0 atom stereocenters. The molecule has 2 rings (SSSR count). The number of amides is 1. The van der Waals surface area contributed by atoms with Crippen LogP contribution in [0.25, 0.3) is 0 Å². The molecule has 1 aromatic rings. The molecule has 2 N–H and O–H groups in total. The van der Waals surface area contributed by atoms with Crippen molar-refractivity contribution in [1.29, 1.82) is 0 Å². The second kappa shape index (κ2) is 5.51. The highest BCUT2D eigenvalue weighted by Gasteiger charge is 2.19. The fourth-order valence-corrected chi connectivity index (χ4v) is 2.26. The van der Waals surface area contributed by atoms with E-state index >= 15 is 0 Å². The Morgan fingerprint density at radius 3 is 3.00 bits per heavy atom. The summed E-state index contributed by atoms with van der Waals surface area (Å²) in [5, 5.41) is 13.0. The van der Waals surface area contributed by atoms with Gasteiger partial charge in [0.1, 0.15) is 5.75 Å². The van der Waals surface area contributed by atoms with Gasteiger partial charge < -0.3 is 15.3 Å². The molecule has 0 aromatic heterocycles. The Morgan fingerprint density at radius 2 is 2.18 bits per heavy atom. The van der Waals surface area contributed by atoms with Crippen LogP contribution in [0.4, 0.5) is 0 Å². The van der Waals surface area contributed by atoms with Crippen LogP contribution in [0.2, 0.25) is 0 Å². The standard InChI is InChI=1S/C12H15BrN2O2/c13-9-2-3-11(16)10(8-9)12(17)15-6-1-4-14-5-7-15/h2-3,8,14,16H,1,4-7H2. The number of hydrogen-bond donors (Lipinski definition) is 2. The summed E-state index contributed by atoms with van der Waals surface area (Å²) in [6, 6.07) is 4.92. The van der Waals surface area contributed by atoms with Gasteiger partial charge in [0.05, 0.1) is 5.56 Å². The molecule has 0 saturated carbocycles. The van der Waals surface area contributed by atoms with Crippen molar-refractivity contribution in [2.45, 2.75) is 6.42 Å². The molecule has 1 aliphatic heterocycles. The first-order valence-electron chi connectivity index (χ1n) is 5.67. The first kappa shape index (κ1) is 12.4. The van der Waals surface area contributed by atoms with E-state index in [0.717, 1.165) is 30.5 Å². The molecule has 0 spiro atoms. The van der Waals surface area contributed by atoms with Crippen molar-refractivity contribution in [3.63, 3.8) is 0 Å². The minimum atomic E-state index is -0.104. The van der Waals surface area contributed by atoms with Gasteiger partial charge >= 0.3 is 0 Å². The number of halogens is 1. The van der Waals surface area contributed by atoms with Crippen LogP contribution in [0.1, 0.15) is 16.8 Å². The summed E-state index contributed by atoms with van der Waals surface area (Å²) in [5.74, 6) is -0.0668. The number of nitrogens with one attached hydrogen (secondary N) is 1. The Balaban J connectivity index is 2.20. The molecule has 17 heavy (non-hydrogen) atoms. The molecule has 0 unspecified atom stereocenters. The van der Waals surface area contributed by atoms with E-state index in [1.54, 1.807) is 17.0 Å². The average Bonchev–Trinajstić information content (AvgIpc) is 2.60. The van der Waals surface area contributed by atoms with E-state index < -0.39 is 0 Å². The van der Waals surface area contributed by atoms with E-state index in [-0.39, 0.29) is 11.7 Å². The van der Waals surface area contributed by atoms with Crippen LogP contribution < -0.4 is 5.32 Å². The summed E-state index contributed by atoms with van der Waals surface area (Å²) in [5.41, 5.74) is 0.362. The first-order valence-corrected chi connectivity index (χ1v) is 6.46. The number of nitrogens with zero attached hydrogens (tertiary/aromatic N) is 1. The number of carbonyl (C=O) groups excluding carboxylic acids is 1. The highest BCUT2D eigenvalue weighted by molar-refractivity contribution is 9.10. The molecule has 1 saturated heterocycles. The minimum Gasteiger partial charge on any atom is -0.507 e. The largest absolute Gasteiger partial charge is 0.507 e. The van der Waals surface area contributed by atoms with Crippen molar-refractivity contribution in [1.82, 2.24) is 10.2 Å². The Bertz CT molecular complexity index is 415. The molecule has 4 nitrogen and oxygen atoms in total. The third kappa shape index (κ3) is 2.98. The van der Waals surface area contributed by atoms with E-state index in [9.17, 15) is 9.90 Å². The summed E-state index contributed by atoms with van der Waals surface area (Å²) in [7, 11) is 0. The maximum absolute atomic E-state index is 12.2. The Hall–Kier alpha value is -1.07. The molecule has 1 aliphatic rings.